The number of allylic oxidation sites excluding steroid dienone is 1. The van der Waals surface area contributed by atoms with Crippen LogP contribution in [0.2, 0.25) is 0 Å². The molecule has 0 aliphatic rings. The van der Waals surface area contributed by atoms with Crippen LogP contribution in [0.25, 0.3) is 0 Å². The number of hydrogen-bond donors (Lipinski definition) is 1. The summed E-state index contributed by atoms with van der Waals surface area (Å²) in [4.78, 5) is 27.8. The summed E-state index contributed by atoms with van der Waals surface area (Å²) in [6.07, 6.45) is 1.28. The van der Waals surface area contributed by atoms with Crippen molar-refractivity contribution < 1.29 is 19.5 Å². The highest BCUT2D eigenvalue weighted by Crippen LogP contribution is 1.85. The standard InChI is InChI=1S/C5H8O2.C4H6O.CH2O/c1-4(3-6)5(2)7;1-3-4(2)5;1-2/h6H,1,3H2,2H3;3H,1H2,2H3;1H2. The minimum atomic E-state index is -0.227. The summed E-state index contributed by atoms with van der Waals surface area (Å²) in [5.74, 6) is -0.132. The van der Waals surface area contributed by atoms with Gasteiger partial charge in [0.05, 0.1) is 6.61 Å². The Kier molecular flexibility index (Phi) is 18.3. The lowest BCUT2D eigenvalue weighted by Gasteiger charge is -1.88. The number of carbonyl (C=O) groups is 3. The molecule has 0 aliphatic heterocycles. The van der Waals surface area contributed by atoms with Crippen molar-refractivity contribution in [1.29, 1.82) is 0 Å². The Morgan fingerprint density at radius 2 is 1.57 bits per heavy atom. The smallest absolute Gasteiger partial charge is 0.157 e. The van der Waals surface area contributed by atoms with Crippen LogP contribution in [0.3, 0.4) is 0 Å². The van der Waals surface area contributed by atoms with Crippen molar-refractivity contribution in [2.75, 3.05) is 6.61 Å². The molecule has 0 heterocycles. The Balaban J connectivity index is -0.000000152. The predicted molar refractivity (Wildman–Crippen MR) is 54.9 cm³/mol. The van der Waals surface area contributed by atoms with Crippen molar-refractivity contribution in [2.45, 2.75) is 13.8 Å². The van der Waals surface area contributed by atoms with Crippen LogP contribution in [-0.2, 0) is 14.4 Å². The summed E-state index contributed by atoms with van der Waals surface area (Å²) >= 11 is 0. The lowest BCUT2D eigenvalue weighted by atomic mass is 10.2. The molecule has 0 unspecified atom stereocenters. The first-order chi connectivity index (χ1) is 6.45. The molecule has 1 N–H and O–H groups in total. The van der Waals surface area contributed by atoms with E-state index in [1.165, 1.54) is 19.9 Å². The molecule has 0 aromatic heterocycles. The van der Waals surface area contributed by atoms with E-state index in [9.17, 15) is 9.59 Å². The molecule has 0 rings (SSSR count). The molecule has 0 bridgehead atoms. The molecule has 0 aromatic rings. The van der Waals surface area contributed by atoms with Crippen LogP contribution in [0, 0.1) is 0 Å². The molecule has 80 valence electrons. The van der Waals surface area contributed by atoms with E-state index in [1.807, 2.05) is 6.79 Å². The highest BCUT2D eigenvalue weighted by Gasteiger charge is 1.93. The van der Waals surface area contributed by atoms with Gasteiger partial charge in [-0.2, -0.15) is 0 Å². The summed E-state index contributed by atoms with van der Waals surface area (Å²) in [6, 6.07) is 0. The van der Waals surface area contributed by atoms with E-state index in [0.29, 0.717) is 0 Å². The third-order valence-corrected chi connectivity index (χ3v) is 0.976. The molecule has 14 heavy (non-hydrogen) atoms. The Morgan fingerprint density at radius 1 is 1.29 bits per heavy atom. The van der Waals surface area contributed by atoms with Gasteiger partial charge in [0.2, 0.25) is 0 Å². The first-order valence-electron chi connectivity index (χ1n) is 3.67. The number of hydrogen-bond acceptors (Lipinski definition) is 4. The van der Waals surface area contributed by atoms with E-state index in [2.05, 4.69) is 13.2 Å². The van der Waals surface area contributed by atoms with E-state index in [4.69, 9.17) is 9.90 Å². The SMILES string of the molecule is C=C(CO)C(C)=O.C=CC(C)=O.C=O. The van der Waals surface area contributed by atoms with Crippen molar-refractivity contribution >= 4 is 18.4 Å². The third-order valence-electron chi connectivity index (χ3n) is 0.976. The van der Waals surface area contributed by atoms with Gasteiger partial charge in [-0.25, -0.2) is 0 Å². The molecule has 0 amide bonds. The van der Waals surface area contributed by atoms with Crippen LogP contribution >= 0.6 is 0 Å². The molecule has 4 nitrogen and oxygen atoms in total. The van der Waals surface area contributed by atoms with Crippen molar-refractivity contribution in [3.63, 3.8) is 0 Å². The zero-order valence-corrected chi connectivity index (χ0v) is 8.58. The van der Waals surface area contributed by atoms with Gasteiger partial charge in [-0.15, -0.1) is 0 Å². The second-order valence-corrected chi connectivity index (χ2v) is 2.13. The fourth-order valence-electron chi connectivity index (χ4n) is 0.111. The maximum Gasteiger partial charge on any atom is 0.157 e. The minimum absolute atomic E-state index is 0.0185. The van der Waals surface area contributed by atoms with Crippen molar-refractivity contribution in [2.24, 2.45) is 0 Å². The molecule has 0 saturated heterocycles. The maximum atomic E-state index is 10.1. The van der Waals surface area contributed by atoms with Crippen molar-refractivity contribution in [3.8, 4) is 0 Å². The molecule has 0 aliphatic carbocycles. The zero-order chi connectivity index (χ0) is 12.1. The molecular weight excluding hydrogens is 184 g/mol. The van der Waals surface area contributed by atoms with Crippen LogP contribution in [0.5, 0.6) is 0 Å². The lowest BCUT2D eigenvalue weighted by Crippen LogP contribution is -1.98. The van der Waals surface area contributed by atoms with E-state index in [1.54, 1.807) is 0 Å². The lowest BCUT2D eigenvalue weighted by molar-refractivity contribution is -0.114. The zero-order valence-electron chi connectivity index (χ0n) is 8.58. The summed E-state index contributed by atoms with van der Waals surface area (Å²) in [5.41, 5.74) is 0.264. The summed E-state index contributed by atoms with van der Waals surface area (Å²) in [6.45, 7) is 11.1. The monoisotopic (exact) mass is 200 g/mol. The van der Waals surface area contributed by atoms with Gasteiger partial charge < -0.3 is 9.90 Å². The number of ketones is 2. The predicted octanol–water partition coefficient (Wildman–Crippen LogP) is 0.700. The summed E-state index contributed by atoms with van der Waals surface area (Å²) < 4.78 is 0. The second-order valence-electron chi connectivity index (χ2n) is 2.13. The van der Waals surface area contributed by atoms with E-state index < -0.39 is 0 Å². The molecule has 0 fully saturated rings. The highest BCUT2D eigenvalue weighted by molar-refractivity contribution is 5.92. The van der Waals surface area contributed by atoms with Gasteiger partial charge in [0, 0.05) is 5.57 Å². The normalized spacial score (nSPS) is 6.79. The fraction of sp³-hybridized carbons (Fsp3) is 0.300. The average Bonchev–Trinajstić information content (AvgIpc) is 2.20. The Bertz CT molecular complexity index is 206. The van der Waals surface area contributed by atoms with Gasteiger partial charge >= 0.3 is 0 Å². The number of aliphatic hydroxyl groups excluding tert-OH is 1. The van der Waals surface area contributed by atoms with Crippen LogP contribution < -0.4 is 0 Å². The van der Waals surface area contributed by atoms with Crippen LogP contribution in [0.15, 0.2) is 24.8 Å². The van der Waals surface area contributed by atoms with E-state index >= 15 is 0 Å². The quantitative estimate of drug-likeness (QED) is 0.681. The maximum absolute atomic E-state index is 10.1. The molecular formula is C10H16O4. The van der Waals surface area contributed by atoms with Gasteiger partial charge in [0.15, 0.2) is 11.6 Å². The van der Waals surface area contributed by atoms with Crippen molar-refractivity contribution in [3.05, 3.63) is 24.8 Å². The van der Waals surface area contributed by atoms with E-state index in [0.717, 1.165) is 0 Å². The number of Topliss-reactive ketones (excluding diaryl/α,β-unsaturated/α-hetero) is 1. The van der Waals surface area contributed by atoms with Crippen LogP contribution in [-0.4, -0.2) is 30.1 Å². The van der Waals surface area contributed by atoms with E-state index in [-0.39, 0.29) is 23.7 Å². The second kappa shape index (κ2) is 14.0. The Labute approximate surface area is 83.9 Å². The Hall–Kier alpha value is -1.55. The van der Waals surface area contributed by atoms with Gasteiger partial charge in [0.25, 0.3) is 0 Å². The van der Waals surface area contributed by atoms with Crippen molar-refractivity contribution in [1.82, 2.24) is 0 Å². The van der Waals surface area contributed by atoms with Gasteiger partial charge in [-0.3, -0.25) is 9.59 Å². The molecule has 4 heteroatoms. The minimum Gasteiger partial charge on any atom is -0.392 e. The molecule has 0 atom stereocenters. The third kappa shape index (κ3) is 22.4. The fourth-order valence-corrected chi connectivity index (χ4v) is 0.111. The first kappa shape index (κ1) is 18.3. The molecule has 0 spiro atoms. The van der Waals surface area contributed by atoms with Crippen LogP contribution in [0.4, 0.5) is 0 Å². The largest absolute Gasteiger partial charge is 0.392 e. The van der Waals surface area contributed by atoms with Gasteiger partial charge in [-0.05, 0) is 19.9 Å². The van der Waals surface area contributed by atoms with Crippen LogP contribution in [0.1, 0.15) is 13.8 Å². The molecule has 0 saturated carbocycles. The summed E-state index contributed by atoms with van der Waals surface area (Å²) in [5, 5.41) is 8.18. The number of carbonyl (C=O) groups excluding carboxylic acids is 3. The Morgan fingerprint density at radius 3 is 1.57 bits per heavy atom. The number of rotatable bonds is 3. The molecule has 0 aromatic carbocycles. The summed E-state index contributed by atoms with van der Waals surface area (Å²) in [7, 11) is 0. The highest BCUT2D eigenvalue weighted by atomic mass is 16.3. The van der Waals surface area contributed by atoms with Gasteiger partial charge in [0.1, 0.15) is 6.79 Å². The molecule has 0 radical (unpaired) electrons. The average molecular weight is 200 g/mol. The first-order valence-corrected chi connectivity index (χ1v) is 3.67. The number of aliphatic hydroxyl groups is 1. The van der Waals surface area contributed by atoms with Gasteiger partial charge in [-0.1, -0.05) is 13.2 Å². The topological polar surface area (TPSA) is 71.4 Å².